The molecule has 2 rings (SSSR count). The Morgan fingerprint density at radius 3 is 2.55 bits per heavy atom. The van der Waals surface area contributed by atoms with Gasteiger partial charge in [0, 0.05) is 15.8 Å². The van der Waals surface area contributed by atoms with Crippen LogP contribution >= 0.6 is 11.3 Å². The molecule has 0 aliphatic heterocycles. The summed E-state index contributed by atoms with van der Waals surface area (Å²) in [6, 6.07) is 8.33. The van der Waals surface area contributed by atoms with Gasteiger partial charge in [0.1, 0.15) is 16.4 Å². The van der Waals surface area contributed by atoms with Crippen molar-refractivity contribution in [2.75, 3.05) is 14.2 Å². The van der Waals surface area contributed by atoms with Crippen LogP contribution in [0.4, 0.5) is 0 Å². The molecule has 0 bridgehead atoms. The maximum atomic E-state index is 12.3. The maximum Gasteiger partial charge on any atom is 0.280 e. The quantitative estimate of drug-likeness (QED) is 0.647. The van der Waals surface area contributed by atoms with E-state index in [1.807, 2.05) is 19.1 Å². The van der Waals surface area contributed by atoms with Crippen LogP contribution in [0.1, 0.15) is 9.75 Å². The van der Waals surface area contributed by atoms with Gasteiger partial charge in [-0.25, -0.2) is 0 Å². The third-order valence-electron chi connectivity index (χ3n) is 2.79. The molecule has 0 saturated heterocycles. The molecule has 1 N–H and O–H groups in total. The van der Waals surface area contributed by atoms with Crippen molar-refractivity contribution in [1.82, 2.24) is 4.83 Å². The summed E-state index contributed by atoms with van der Waals surface area (Å²) in [6.07, 6.45) is 1.46. The number of nitrogens with one attached hydrogen (secondary N) is 1. The lowest BCUT2D eigenvalue weighted by Gasteiger charge is -2.10. The fourth-order valence-corrected chi connectivity index (χ4v) is 3.45. The van der Waals surface area contributed by atoms with Gasteiger partial charge in [-0.3, -0.25) is 0 Å². The van der Waals surface area contributed by atoms with E-state index in [0.29, 0.717) is 5.75 Å². The number of hydrogen-bond acceptors (Lipinski definition) is 6. The van der Waals surface area contributed by atoms with Gasteiger partial charge >= 0.3 is 0 Å². The highest BCUT2D eigenvalue weighted by Crippen LogP contribution is 2.27. The Morgan fingerprint density at radius 1 is 1.18 bits per heavy atom. The zero-order chi connectivity index (χ0) is 16.2. The van der Waals surface area contributed by atoms with E-state index in [1.54, 1.807) is 6.07 Å². The molecule has 8 heteroatoms. The molecule has 0 amide bonds. The van der Waals surface area contributed by atoms with Crippen molar-refractivity contribution in [3.05, 3.63) is 40.1 Å². The second kappa shape index (κ2) is 6.80. The number of thiophene rings is 1. The third kappa shape index (κ3) is 3.77. The largest absolute Gasteiger partial charge is 0.497 e. The van der Waals surface area contributed by atoms with E-state index in [-0.39, 0.29) is 10.6 Å². The summed E-state index contributed by atoms with van der Waals surface area (Å²) in [5, 5.41) is 3.78. The van der Waals surface area contributed by atoms with Crippen LogP contribution in [0.2, 0.25) is 0 Å². The molecule has 6 nitrogen and oxygen atoms in total. The molecule has 0 atom stereocenters. The number of sulfonamides is 1. The first kappa shape index (κ1) is 16.3. The molecule has 1 aromatic carbocycles. The smallest absolute Gasteiger partial charge is 0.280 e. The predicted molar refractivity (Wildman–Crippen MR) is 86.5 cm³/mol. The standard InChI is InChI=1S/C14H16N2O4S2/c1-10-4-6-12(21-10)9-15-16-22(17,18)14-8-11(19-2)5-7-13(14)20-3/h4-9,16H,1-3H3/b15-9-. The second-order valence-corrected chi connectivity index (χ2v) is 7.27. The Morgan fingerprint density at radius 2 is 1.95 bits per heavy atom. The molecular weight excluding hydrogens is 324 g/mol. The molecular formula is C14H16N2O4S2. The van der Waals surface area contributed by atoms with Crippen LogP contribution in [0.25, 0.3) is 0 Å². The number of rotatable bonds is 6. The fourth-order valence-electron chi connectivity index (χ4n) is 1.73. The molecule has 0 aliphatic carbocycles. The monoisotopic (exact) mass is 340 g/mol. The molecule has 2 aromatic rings. The minimum absolute atomic E-state index is 0.0335. The SMILES string of the molecule is COc1ccc(OC)c(S(=O)(=O)N/N=C\c2ccc(C)s2)c1. The summed E-state index contributed by atoms with van der Waals surface area (Å²) in [5.41, 5.74) is 0. The number of hydrazone groups is 1. The lowest BCUT2D eigenvalue weighted by molar-refractivity contribution is 0.392. The summed E-state index contributed by atoms with van der Waals surface area (Å²) >= 11 is 1.52. The maximum absolute atomic E-state index is 12.3. The van der Waals surface area contributed by atoms with Gasteiger partial charge in [0.05, 0.1) is 20.4 Å². The van der Waals surface area contributed by atoms with Crippen molar-refractivity contribution >= 4 is 27.6 Å². The highest BCUT2D eigenvalue weighted by molar-refractivity contribution is 7.89. The number of nitrogens with zero attached hydrogens (tertiary/aromatic N) is 1. The first-order chi connectivity index (χ1) is 10.5. The van der Waals surface area contributed by atoms with Gasteiger partial charge in [0.2, 0.25) is 0 Å². The lowest BCUT2D eigenvalue weighted by atomic mass is 10.3. The third-order valence-corrected chi connectivity index (χ3v) is 4.97. The molecule has 0 saturated carbocycles. The van der Waals surface area contributed by atoms with E-state index in [0.717, 1.165) is 9.75 Å². The predicted octanol–water partition coefficient (Wildman–Crippen LogP) is 2.39. The van der Waals surface area contributed by atoms with Crippen LogP contribution in [-0.4, -0.2) is 28.9 Å². The van der Waals surface area contributed by atoms with Gasteiger partial charge in [0.25, 0.3) is 10.0 Å². The summed E-state index contributed by atoms with van der Waals surface area (Å²) in [5.74, 6) is 0.634. The Balaban J connectivity index is 2.24. The summed E-state index contributed by atoms with van der Waals surface area (Å²) in [7, 11) is -0.985. The highest BCUT2D eigenvalue weighted by Gasteiger charge is 2.19. The molecule has 0 aliphatic rings. The number of methoxy groups -OCH3 is 2. The van der Waals surface area contributed by atoms with E-state index >= 15 is 0 Å². The first-order valence-electron chi connectivity index (χ1n) is 6.29. The van der Waals surface area contributed by atoms with Gasteiger partial charge in [-0.15, -0.1) is 11.3 Å². The van der Waals surface area contributed by atoms with Crippen molar-refractivity contribution in [3.63, 3.8) is 0 Å². The van der Waals surface area contributed by atoms with Crippen LogP contribution in [0.15, 0.2) is 40.3 Å². The Bertz CT molecular complexity index is 782. The van der Waals surface area contributed by atoms with Gasteiger partial charge < -0.3 is 9.47 Å². The number of aryl methyl sites for hydroxylation is 1. The fraction of sp³-hybridized carbons (Fsp3) is 0.214. The van der Waals surface area contributed by atoms with Gasteiger partial charge in [-0.1, -0.05) is 0 Å². The molecule has 1 heterocycles. The first-order valence-corrected chi connectivity index (χ1v) is 8.59. The molecule has 1 aromatic heterocycles. The molecule has 22 heavy (non-hydrogen) atoms. The van der Waals surface area contributed by atoms with E-state index in [4.69, 9.17) is 9.47 Å². The number of ether oxygens (including phenoxy) is 2. The lowest BCUT2D eigenvalue weighted by Crippen LogP contribution is -2.19. The minimum atomic E-state index is -3.85. The van der Waals surface area contributed by atoms with Gasteiger partial charge in [0.15, 0.2) is 0 Å². The number of benzene rings is 1. The molecule has 0 unspecified atom stereocenters. The average Bonchev–Trinajstić information content (AvgIpc) is 2.91. The van der Waals surface area contributed by atoms with Crippen molar-refractivity contribution in [1.29, 1.82) is 0 Å². The minimum Gasteiger partial charge on any atom is -0.497 e. The Hall–Kier alpha value is -2.06. The van der Waals surface area contributed by atoms with E-state index in [1.165, 1.54) is 43.9 Å². The molecule has 0 radical (unpaired) electrons. The average molecular weight is 340 g/mol. The topological polar surface area (TPSA) is 77.0 Å². The van der Waals surface area contributed by atoms with Gasteiger partial charge in [-0.2, -0.15) is 18.4 Å². The second-order valence-electron chi connectivity index (χ2n) is 4.32. The van der Waals surface area contributed by atoms with Crippen LogP contribution < -0.4 is 14.3 Å². The van der Waals surface area contributed by atoms with Crippen LogP contribution in [0.3, 0.4) is 0 Å². The summed E-state index contributed by atoms with van der Waals surface area (Å²) in [4.78, 5) is 4.12. The summed E-state index contributed by atoms with van der Waals surface area (Å²) < 4.78 is 34.8. The molecule has 0 fully saturated rings. The van der Waals surface area contributed by atoms with E-state index in [9.17, 15) is 8.42 Å². The molecule has 0 spiro atoms. The highest BCUT2D eigenvalue weighted by atomic mass is 32.2. The Kier molecular flexibility index (Phi) is 5.04. The zero-order valence-corrected chi connectivity index (χ0v) is 14.0. The van der Waals surface area contributed by atoms with E-state index in [2.05, 4.69) is 9.93 Å². The van der Waals surface area contributed by atoms with Crippen molar-refractivity contribution in [3.8, 4) is 11.5 Å². The zero-order valence-electron chi connectivity index (χ0n) is 12.4. The summed E-state index contributed by atoms with van der Waals surface area (Å²) in [6.45, 7) is 1.97. The molecule has 118 valence electrons. The van der Waals surface area contributed by atoms with Crippen molar-refractivity contribution in [2.24, 2.45) is 5.10 Å². The van der Waals surface area contributed by atoms with Gasteiger partial charge in [-0.05, 0) is 31.2 Å². The van der Waals surface area contributed by atoms with Crippen LogP contribution in [0, 0.1) is 6.92 Å². The normalized spacial score (nSPS) is 11.6. The van der Waals surface area contributed by atoms with Crippen molar-refractivity contribution < 1.29 is 17.9 Å². The van der Waals surface area contributed by atoms with Crippen molar-refractivity contribution in [2.45, 2.75) is 11.8 Å². The van der Waals surface area contributed by atoms with Crippen LogP contribution in [-0.2, 0) is 10.0 Å². The number of hydrogen-bond donors (Lipinski definition) is 1. The van der Waals surface area contributed by atoms with E-state index < -0.39 is 10.0 Å². The Labute approximate surface area is 133 Å². The van der Waals surface area contributed by atoms with Crippen LogP contribution in [0.5, 0.6) is 11.5 Å².